The Morgan fingerprint density at radius 2 is 1.83 bits per heavy atom. The number of benzene rings is 2. The lowest BCUT2D eigenvalue weighted by Gasteiger charge is -2.28. The second kappa shape index (κ2) is 9.92. The molecule has 2 unspecified atom stereocenters. The van der Waals surface area contributed by atoms with Crippen LogP contribution in [0, 0.1) is 0 Å². The van der Waals surface area contributed by atoms with Crippen molar-refractivity contribution in [2.24, 2.45) is 0 Å². The molecule has 2 aromatic carbocycles. The maximum absolute atomic E-state index is 13.7. The average Bonchev–Trinajstić information content (AvgIpc) is 3.34. The second-order valence-electron chi connectivity index (χ2n) is 9.35. The Hall–Kier alpha value is -3.65. The molecular formula is C27H30N2O6. The van der Waals surface area contributed by atoms with Crippen LogP contribution in [0.3, 0.4) is 0 Å². The molecule has 2 aliphatic rings. The lowest BCUT2D eigenvalue weighted by molar-refractivity contribution is -0.858. The number of Topliss-reactive ketones (excluding diaryl/α,β-unsaturated/α-hetero) is 1. The Balaban J connectivity index is 1.77. The van der Waals surface area contributed by atoms with Crippen molar-refractivity contribution < 1.29 is 33.9 Å². The molecule has 0 aliphatic carbocycles. The molecule has 2 aromatic rings. The molecule has 0 bridgehead atoms. The smallest absolute Gasteiger partial charge is 0.337 e. The molecule has 0 aromatic heterocycles. The number of carbonyl (C=O) groups excluding carboxylic acids is 3. The molecule has 35 heavy (non-hydrogen) atoms. The number of carbonyl (C=O) groups is 3. The quantitative estimate of drug-likeness (QED) is 0.270. The molecule has 8 nitrogen and oxygen atoms in total. The van der Waals surface area contributed by atoms with E-state index < -0.39 is 29.5 Å². The number of esters is 1. The minimum atomic E-state index is -0.824. The van der Waals surface area contributed by atoms with E-state index in [0.29, 0.717) is 36.1 Å². The summed E-state index contributed by atoms with van der Waals surface area (Å²) in [5.74, 6) is -1.68. The molecule has 1 fully saturated rings. The lowest BCUT2D eigenvalue weighted by Crippen LogP contribution is -3.05. The van der Waals surface area contributed by atoms with Crippen molar-refractivity contribution in [2.75, 3.05) is 34.3 Å². The molecule has 0 spiro atoms. The number of fused-ring (bicyclic) bond motifs is 1. The van der Waals surface area contributed by atoms with Gasteiger partial charge >= 0.3 is 5.97 Å². The van der Waals surface area contributed by atoms with Gasteiger partial charge in [0.2, 0.25) is 5.78 Å². The number of ether oxygens (including phenoxy) is 2. The lowest BCUT2D eigenvalue weighted by atomic mass is 9.94. The summed E-state index contributed by atoms with van der Waals surface area (Å²) >= 11 is 0. The second-order valence-corrected chi connectivity index (χ2v) is 9.35. The van der Waals surface area contributed by atoms with Crippen molar-refractivity contribution in [3.63, 3.8) is 0 Å². The molecule has 1 saturated heterocycles. The third kappa shape index (κ3) is 4.79. The Bertz CT molecular complexity index is 1180. The van der Waals surface area contributed by atoms with Crippen molar-refractivity contribution in [2.45, 2.75) is 31.9 Å². The predicted octanol–water partition coefficient (Wildman–Crippen LogP) is 0.555. The highest BCUT2D eigenvalue weighted by Crippen LogP contribution is 2.40. The van der Waals surface area contributed by atoms with Crippen LogP contribution in [-0.4, -0.2) is 63.0 Å². The van der Waals surface area contributed by atoms with Crippen LogP contribution in [0.25, 0.3) is 5.76 Å². The number of nitrogens with one attached hydrogen (secondary N) is 1. The van der Waals surface area contributed by atoms with Crippen LogP contribution in [0.2, 0.25) is 0 Å². The summed E-state index contributed by atoms with van der Waals surface area (Å²) in [4.78, 5) is 40.8. The first-order valence-electron chi connectivity index (χ1n) is 11.7. The Kier molecular flexibility index (Phi) is 6.93. The fourth-order valence-corrected chi connectivity index (χ4v) is 4.69. The normalized spacial score (nSPS) is 20.8. The Morgan fingerprint density at radius 3 is 2.49 bits per heavy atom. The van der Waals surface area contributed by atoms with E-state index >= 15 is 0 Å². The van der Waals surface area contributed by atoms with Crippen molar-refractivity contribution in [3.8, 4) is 5.75 Å². The fraction of sp³-hybridized carbons (Fsp3) is 0.370. The number of quaternary nitrogens is 1. The number of rotatable bonds is 7. The van der Waals surface area contributed by atoms with Gasteiger partial charge in [0.25, 0.3) is 5.91 Å². The number of likely N-dealkylation sites (tertiary alicyclic amines) is 1. The van der Waals surface area contributed by atoms with E-state index in [2.05, 4.69) is 0 Å². The first-order chi connectivity index (χ1) is 16.7. The summed E-state index contributed by atoms with van der Waals surface area (Å²) in [6, 6.07) is 10.8. The minimum Gasteiger partial charge on any atom is -0.872 e. The van der Waals surface area contributed by atoms with Crippen molar-refractivity contribution in [3.05, 3.63) is 70.3 Å². The van der Waals surface area contributed by atoms with Gasteiger partial charge in [0.15, 0.2) is 0 Å². The molecular weight excluding hydrogens is 448 g/mol. The number of hydrogen-bond donors (Lipinski definition) is 1. The number of methoxy groups -OCH3 is 1. The first-order valence-corrected chi connectivity index (χ1v) is 11.7. The summed E-state index contributed by atoms with van der Waals surface area (Å²) in [7, 11) is 5.32. The van der Waals surface area contributed by atoms with Crippen LogP contribution in [0.4, 0.5) is 0 Å². The molecule has 1 N–H and O–H groups in total. The molecule has 0 radical (unpaired) electrons. The number of amides is 1. The van der Waals surface area contributed by atoms with Gasteiger partial charge < -0.3 is 24.4 Å². The molecule has 8 heteroatoms. The molecule has 184 valence electrons. The van der Waals surface area contributed by atoms with Gasteiger partial charge in [0.1, 0.15) is 11.9 Å². The van der Waals surface area contributed by atoms with Gasteiger partial charge in [-0.3, -0.25) is 9.59 Å². The largest absolute Gasteiger partial charge is 0.872 e. The highest BCUT2D eigenvalue weighted by molar-refractivity contribution is 6.46. The Morgan fingerprint density at radius 1 is 1.14 bits per heavy atom. The highest BCUT2D eigenvalue weighted by Gasteiger charge is 2.44. The summed E-state index contributed by atoms with van der Waals surface area (Å²) in [5.41, 5.74) is 2.13. The number of hydrogen-bond acceptors (Lipinski definition) is 6. The van der Waals surface area contributed by atoms with Crippen LogP contribution in [0.5, 0.6) is 5.75 Å². The summed E-state index contributed by atoms with van der Waals surface area (Å²) in [6.45, 7) is 3.10. The van der Waals surface area contributed by atoms with Crippen molar-refractivity contribution in [1.29, 1.82) is 0 Å². The zero-order chi connectivity index (χ0) is 25.3. The van der Waals surface area contributed by atoms with Gasteiger partial charge in [-0.25, -0.2) is 4.79 Å². The summed E-state index contributed by atoms with van der Waals surface area (Å²) < 4.78 is 10.5. The standard InChI is InChI=1S/C27H30N2O6/c1-16-14-20-15-19(10-11-21(20)35-16)24(30)22-23(17-6-8-18(9-7-17)27(33)34-4)29(26(32)25(22)31)13-5-12-28(2)3/h6-11,15-16,23,30H,5,12-14H2,1-4H3/b24-22+. The molecule has 2 atom stereocenters. The van der Waals surface area contributed by atoms with Crippen LogP contribution < -0.4 is 14.7 Å². The van der Waals surface area contributed by atoms with Crippen molar-refractivity contribution in [1.82, 2.24) is 4.90 Å². The molecule has 0 saturated carbocycles. The van der Waals surface area contributed by atoms with E-state index in [9.17, 15) is 19.5 Å². The van der Waals surface area contributed by atoms with E-state index in [1.165, 1.54) is 16.9 Å². The highest BCUT2D eigenvalue weighted by atomic mass is 16.5. The molecule has 2 heterocycles. The van der Waals surface area contributed by atoms with E-state index in [1.807, 2.05) is 21.0 Å². The van der Waals surface area contributed by atoms with E-state index in [4.69, 9.17) is 9.47 Å². The fourth-order valence-electron chi connectivity index (χ4n) is 4.69. The monoisotopic (exact) mass is 478 g/mol. The van der Waals surface area contributed by atoms with Crippen molar-refractivity contribution >= 4 is 23.4 Å². The first kappa shape index (κ1) is 24.5. The van der Waals surface area contributed by atoms with Crippen LogP contribution >= 0.6 is 0 Å². The molecule has 2 aliphatic heterocycles. The zero-order valence-electron chi connectivity index (χ0n) is 20.4. The number of nitrogens with zero attached hydrogens (tertiary/aromatic N) is 1. The van der Waals surface area contributed by atoms with Gasteiger partial charge in [0.05, 0.1) is 39.4 Å². The van der Waals surface area contributed by atoms with Gasteiger partial charge in [-0.1, -0.05) is 24.0 Å². The third-order valence-electron chi connectivity index (χ3n) is 6.41. The molecule has 4 rings (SSSR count). The maximum atomic E-state index is 13.7. The zero-order valence-corrected chi connectivity index (χ0v) is 20.4. The van der Waals surface area contributed by atoms with Gasteiger partial charge in [-0.05, 0) is 47.9 Å². The summed E-state index contributed by atoms with van der Waals surface area (Å²) in [5, 5.41) is 13.7. The van der Waals surface area contributed by atoms with E-state index in [0.717, 1.165) is 17.9 Å². The van der Waals surface area contributed by atoms with Crippen LogP contribution in [0.1, 0.15) is 46.4 Å². The Labute approximate surface area is 204 Å². The average molecular weight is 479 g/mol. The van der Waals surface area contributed by atoms with E-state index in [-0.39, 0.29) is 11.7 Å². The summed E-state index contributed by atoms with van der Waals surface area (Å²) in [6.07, 6.45) is 1.37. The third-order valence-corrected chi connectivity index (χ3v) is 6.41. The predicted molar refractivity (Wildman–Crippen MR) is 127 cm³/mol. The van der Waals surface area contributed by atoms with Crippen LogP contribution in [-0.2, 0) is 20.7 Å². The van der Waals surface area contributed by atoms with Crippen LogP contribution in [0.15, 0.2) is 48.0 Å². The minimum absolute atomic E-state index is 0.0214. The van der Waals surface area contributed by atoms with Gasteiger partial charge in [0, 0.05) is 25.0 Å². The van der Waals surface area contributed by atoms with Gasteiger partial charge in [-0.15, -0.1) is 0 Å². The SMILES string of the molecule is COC(=O)c1ccc(C2/C(=C(\[O-])c3ccc4c(c3)CC(C)O4)C(=O)C(=O)N2CCC[NH+](C)C)cc1. The maximum Gasteiger partial charge on any atom is 0.337 e. The van der Waals surface area contributed by atoms with Gasteiger partial charge in [-0.2, -0.15) is 0 Å². The van der Waals surface area contributed by atoms with E-state index in [1.54, 1.807) is 42.5 Å². The molecule has 1 amide bonds. The topological polar surface area (TPSA) is 100 Å². The number of ketones is 1.